The third-order valence-corrected chi connectivity index (χ3v) is 6.72. The number of hydrogen-bond acceptors (Lipinski definition) is 1. The van der Waals surface area contributed by atoms with Crippen LogP contribution < -0.4 is 0 Å². The number of rotatable bonds is 1. The van der Waals surface area contributed by atoms with Gasteiger partial charge in [0.2, 0.25) is 0 Å². The first-order chi connectivity index (χ1) is 14.8. The molecule has 1 atom stereocenters. The third kappa shape index (κ3) is 1.86. The summed E-state index contributed by atoms with van der Waals surface area (Å²) >= 11 is 0. The van der Waals surface area contributed by atoms with Gasteiger partial charge in [0.1, 0.15) is 6.10 Å². The Labute approximate surface area is 174 Å². The predicted octanol–water partition coefficient (Wildman–Crippen LogP) is 7.22. The summed E-state index contributed by atoms with van der Waals surface area (Å²) in [4.78, 5) is 0. The SMILES string of the molecule is OC1c2ccccc2-c2c1c1c3c(cccc3c2-c2ccccc2)-c2ccccc2-1. The maximum absolute atomic E-state index is 11.5. The van der Waals surface area contributed by atoms with E-state index in [0.29, 0.717) is 0 Å². The molecule has 1 heteroatoms. The lowest BCUT2D eigenvalue weighted by atomic mass is 9.85. The largest absolute Gasteiger partial charge is 0.384 e. The van der Waals surface area contributed by atoms with Crippen LogP contribution in [0, 0.1) is 0 Å². The third-order valence-electron chi connectivity index (χ3n) is 6.72. The molecule has 1 unspecified atom stereocenters. The van der Waals surface area contributed by atoms with Crippen molar-refractivity contribution in [1.82, 2.24) is 0 Å². The summed E-state index contributed by atoms with van der Waals surface area (Å²) in [7, 11) is 0. The van der Waals surface area contributed by atoms with Crippen molar-refractivity contribution in [2.24, 2.45) is 0 Å². The minimum Gasteiger partial charge on any atom is -0.384 e. The highest BCUT2D eigenvalue weighted by Crippen LogP contribution is 2.59. The van der Waals surface area contributed by atoms with E-state index in [1.54, 1.807) is 0 Å². The number of aliphatic hydroxyl groups is 1. The molecule has 0 radical (unpaired) electrons. The van der Waals surface area contributed by atoms with E-state index >= 15 is 0 Å². The molecule has 0 heterocycles. The highest BCUT2D eigenvalue weighted by Gasteiger charge is 2.37. The molecule has 2 aliphatic rings. The van der Waals surface area contributed by atoms with Gasteiger partial charge in [-0.2, -0.15) is 0 Å². The standard InChI is InChI=1S/C29H18O/c30-29-22-14-7-6-13-21(22)26-24(17-9-2-1-3-10-17)23-16-8-15-19-18-11-4-5-12-20(18)27(25(19)23)28(26)29/h1-16,29-30H. The summed E-state index contributed by atoms with van der Waals surface area (Å²) in [6, 6.07) is 34.1. The molecule has 0 saturated heterocycles. The monoisotopic (exact) mass is 382 g/mol. The zero-order chi connectivity index (χ0) is 19.8. The van der Waals surface area contributed by atoms with Crippen molar-refractivity contribution in [2.45, 2.75) is 6.10 Å². The predicted molar refractivity (Wildman–Crippen MR) is 123 cm³/mol. The van der Waals surface area contributed by atoms with E-state index in [9.17, 15) is 5.11 Å². The van der Waals surface area contributed by atoms with Crippen molar-refractivity contribution in [2.75, 3.05) is 0 Å². The highest BCUT2D eigenvalue weighted by atomic mass is 16.3. The zero-order valence-electron chi connectivity index (χ0n) is 16.3. The first kappa shape index (κ1) is 16.2. The molecular formula is C29H18O. The highest BCUT2D eigenvalue weighted by molar-refractivity contribution is 6.23. The van der Waals surface area contributed by atoms with Gasteiger partial charge >= 0.3 is 0 Å². The molecule has 0 aliphatic heterocycles. The van der Waals surface area contributed by atoms with Gasteiger partial charge in [0.05, 0.1) is 0 Å². The van der Waals surface area contributed by atoms with Gasteiger partial charge in [0.25, 0.3) is 0 Å². The summed E-state index contributed by atoms with van der Waals surface area (Å²) in [5, 5.41) is 14.0. The van der Waals surface area contributed by atoms with Crippen LogP contribution >= 0.6 is 0 Å². The van der Waals surface area contributed by atoms with Crippen LogP contribution in [-0.4, -0.2) is 5.11 Å². The van der Waals surface area contributed by atoms with Crippen molar-refractivity contribution >= 4 is 10.8 Å². The molecule has 0 fully saturated rings. The molecule has 5 aromatic rings. The minimum absolute atomic E-state index is 0.614. The van der Waals surface area contributed by atoms with Crippen LogP contribution in [0.2, 0.25) is 0 Å². The van der Waals surface area contributed by atoms with Gasteiger partial charge in [-0.25, -0.2) is 0 Å². The van der Waals surface area contributed by atoms with Gasteiger partial charge in [0, 0.05) is 5.56 Å². The number of aliphatic hydroxyl groups excluding tert-OH is 1. The minimum atomic E-state index is -0.614. The van der Waals surface area contributed by atoms with E-state index in [2.05, 4.69) is 91.0 Å². The van der Waals surface area contributed by atoms with Crippen LogP contribution in [0.4, 0.5) is 0 Å². The molecule has 2 aliphatic carbocycles. The fourth-order valence-corrected chi connectivity index (χ4v) is 5.58. The Bertz CT molecular complexity index is 1490. The Morgan fingerprint density at radius 1 is 0.500 bits per heavy atom. The normalized spacial score (nSPS) is 15.2. The molecule has 7 rings (SSSR count). The lowest BCUT2D eigenvalue weighted by Gasteiger charge is -2.18. The van der Waals surface area contributed by atoms with Crippen LogP contribution in [0.1, 0.15) is 17.2 Å². The molecule has 0 saturated carbocycles. The van der Waals surface area contributed by atoms with Crippen LogP contribution in [-0.2, 0) is 0 Å². The van der Waals surface area contributed by atoms with E-state index in [4.69, 9.17) is 0 Å². The fraction of sp³-hybridized carbons (Fsp3) is 0.0345. The molecule has 1 N–H and O–H groups in total. The van der Waals surface area contributed by atoms with Gasteiger partial charge in [-0.05, 0) is 60.8 Å². The number of hydrogen-bond donors (Lipinski definition) is 1. The average Bonchev–Trinajstić information content (AvgIpc) is 3.29. The van der Waals surface area contributed by atoms with Crippen LogP contribution in [0.5, 0.6) is 0 Å². The van der Waals surface area contributed by atoms with E-state index in [1.807, 2.05) is 6.07 Å². The number of benzene rings is 5. The second-order valence-corrected chi connectivity index (χ2v) is 8.17. The number of fused-ring (bicyclic) bond motifs is 7. The van der Waals surface area contributed by atoms with Crippen LogP contribution in [0.25, 0.3) is 55.3 Å². The molecule has 5 aromatic carbocycles. The van der Waals surface area contributed by atoms with Crippen molar-refractivity contribution in [3.8, 4) is 44.5 Å². The van der Waals surface area contributed by atoms with Gasteiger partial charge in [-0.3, -0.25) is 0 Å². The van der Waals surface area contributed by atoms with Crippen LogP contribution in [0.3, 0.4) is 0 Å². The lowest BCUT2D eigenvalue weighted by Crippen LogP contribution is -1.98. The molecule has 0 aromatic heterocycles. The summed E-state index contributed by atoms with van der Waals surface area (Å²) in [5.74, 6) is 0. The van der Waals surface area contributed by atoms with Gasteiger partial charge in [-0.1, -0.05) is 97.1 Å². The van der Waals surface area contributed by atoms with Gasteiger partial charge in [0.15, 0.2) is 0 Å². The summed E-state index contributed by atoms with van der Waals surface area (Å²) in [5.41, 5.74) is 11.8. The van der Waals surface area contributed by atoms with E-state index in [0.717, 1.165) is 16.7 Å². The second-order valence-electron chi connectivity index (χ2n) is 8.17. The van der Waals surface area contributed by atoms with Crippen molar-refractivity contribution in [3.63, 3.8) is 0 Å². The molecule has 0 bridgehead atoms. The topological polar surface area (TPSA) is 20.2 Å². The Morgan fingerprint density at radius 2 is 1.17 bits per heavy atom. The quantitative estimate of drug-likeness (QED) is 0.318. The van der Waals surface area contributed by atoms with Gasteiger partial charge < -0.3 is 5.11 Å². The Morgan fingerprint density at radius 3 is 2.00 bits per heavy atom. The fourth-order valence-electron chi connectivity index (χ4n) is 5.58. The van der Waals surface area contributed by atoms with Crippen molar-refractivity contribution in [3.05, 3.63) is 108 Å². The molecule has 0 amide bonds. The first-order valence-electron chi connectivity index (χ1n) is 10.4. The van der Waals surface area contributed by atoms with Gasteiger partial charge in [-0.15, -0.1) is 0 Å². The maximum atomic E-state index is 11.5. The smallest absolute Gasteiger partial charge is 0.106 e. The van der Waals surface area contributed by atoms with E-state index < -0.39 is 6.10 Å². The van der Waals surface area contributed by atoms with E-state index in [1.165, 1.54) is 49.7 Å². The maximum Gasteiger partial charge on any atom is 0.106 e. The Kier molecular flexibility index (Phi) is 3.06. The molecule has 1 nitrogen and oxygen atoms in total. The van der Waals surface area contributed by atoms with E-state index in [-0.39, 0.29) is 0 Å². The summed E-state index contributed by atoms with van der Waals surface area (Å²) < 4.78 is 0. The summed E-state index contributed by atoms with van der Waals surface area (Å²) in [6.45, 7) is 0. The molecular weight excluding hydrogens is 364 g/mol. The van der Waals surface area contributed by atoms with Crippen molar-refractivity contribution < 1.29 is 5.11 Å². The lowest BCUT2D eigenvalue weighted by molar-refractivity contribution is 0.226. The first-order valence-corrected chi connectivity index (χ1v) is 10.4. The summed E-state index contributed by atoms with van der Waals surface area (Å²) in [6.07, 6.45) is -0.614. The Balaban J connectivity index is 1.77. The molecule has 140 valence electrons. The second kappa shape index (κ2) is 5.69. The van der Waals surface area contributed by atoms with Crippen LogP contribution in [0.15, 0.2) is 97.1 Å². The average molecular weight is 382 g/mol. The van der Waals surface area contributed by atoms with Crippen molar-refractivity contribution in [1.29, 1.82) is 0 Å². The molecule has 30 heavy (non-hydrogen) atoms. The zero-order valence-corrected chi connectivity index (χ0v) is 16.3. The molecule has 0 spiro atoms. The Hall–Kier alpha value is -3.68.